The van der Waals surface area contributed by atoms with Gasteiger partial charge in [-0.1, -0.05) is 20.8 Å². The molecule has 0 bridgehead atoms. The van der Waals surface area contributed by atoms with Gasteiger partial charge in [0.05, 0.1) is 12.6 Å². The fourth-order valence-corrected chi connectivity index (χ4v) is 0.875. The average Bonchev–Trinajstić information content (AvgIpc) is 2.12. The van der Waals surface area contributed by atoms with Crippen LogP contribution in [-0.4, -0.2) is 31.1 Å². The Morgan fingerprint density at radius 1 is 1.40 bits per heavy atom. The van der Waals surface area contributed by atoms with Crippen LogP contribution in [0.3, 0.4) is 0 Å². The molecule has 0 aliphatic rings. The van der Waals surface area contributed by atoms with Gasteiger partial charge in [-0.3, -0.25) is 9.59 Å². The van der Waals surface area contributed by atoms with Crippen LogP contribution in [0.5, 0.6) is 0 Å². The molecule has 0 heterocycles. The lowest BCUT2D eigenvalue weighted by molar-refractivity contribution is -0.143. The second-order valence-electron chi connectivity index (χ2n) is 4.37. The van der Waals surface area contributed by atoms with E-state index in [1.54, 1.807) is 6.92 Å². The van der Waals surface area contributed by atoms with Crippen LogP contribution < -0.4 is 11.1 Å². The Kier molecular flexibility index (Phi) is 5.28. The lowest BCUT2D eigenvalue weighted by atomic mass is 9.87. The Hall–Kier alpha value is -1.10. The maximum Gasteiger partial charge on any atom is 0.325 e. The summed E-state index contributed by atoms with van der Waals surface area (Å²) in [5.74, 6) is -0.789. The maximum absolute atomic E-state index is 11.5. The van der Waals surface area contributed by atoms with E-state index >= 15 is 0 Å². The van der Waals surface area contributed by atoms with E-state index in [0.717, 1.165) is 0 Å². The molecule has 0 aliphatic heterocycles. The van der Waals surface area contributed by atoms with Gasteiger partial charge in [-0.25, -0.2) is 0 Å². The molecule has 0 aromatic carbocycles. The summed E-state index contributed by atoms with van der Waals surface area (Å²) in [5, 5.41) is 2.44. The highest BCUT2D eigenvalue weighted by Gasteiger charge is 2.27. The van der Waals surface area contributed by atoms with Gasteiger partial charge >= 0.3 is 5.97 Å². The predicted octanol–water partition coefficient (Wildman–Crippen LogP) is 0.0391. The molecule has 0 aromatic heterocycles. The van der Waals surface area contributed by atoms with Crippen LogP contribution in [0.1, 0.15) is 27.7 Å². The highest BCUT2D eigenvalue weighted by molar-refractivity contribution is 5.86. The molecule has 1 atom stereocenters. The van der Waals surface area contributed by atoms with Crippen molar-refractivity contribution in [2.75, 3.05) is 13.2 Å². The molecule has 1 amide bonds. The highest BCUT2D eigenvalue weighted by Crippen LogP contribution is 2.16. The molecule has 0 spiro atoms. The first-order chi connectivity index (χ1) is 6.79. The van der Waals surface area contributed by atoms with Crippen molar-refractivity contribution in [3.63, 3.8) is 0 Å². The number of rotatable bonds is 4. The molecule has 0 radical (unpaired) electrons. The van der Waals surface area contributed by atoms with E-state index in [4.69, 9.17) is 5.73 Å². The second-order valence-corrected chi connectivity index (χ2v) is 4.37. The average molecular weight is 216 g/mol. The van der Waals surface area contributed by atoms with Crippen molar-refractivity contribution in [2.45, 2.75) is 33.7 Å². The molecule has 3 N–H and O–H groups in total. The molecular formula is C10H20N2O3. The predicted molar refractivity (Wildman–Crippen MR) is 57.1 cm³/mol. The molecule has 0 aromatic rings. The SMILES string of the molecule is CCOC(=O)CNC(=O)C(N)C(C)(C)C. The number of nitrogens with two attached hydrogens (primary N) is 1. The van der Waals surface area contributed by atoms with Crippen molar-refractivity contribution < 1.29 is 14.3 Å². The number of hydrogen-bond donors (Lipinski definition) is 2. The van der Waals surface area contributed by atoms with E-state index in [1.807, 2.05) is 20.8 Å². The molecule has 1 unspecified atom stereocenters. The Balaban J connectivity index is 4.00. The Morgan fingerprint density at radius 3 is 2.33 bits per heavy atom. The number of amides is 1. The topological polar surface area (TPSA) is 81.4 Å². The molecule has 0 aliphatic carbocycles. The van der Waals surface area contributed by atoms with Crippen molar-refractivity contribution in [3.05, 3.63) is 0 Å². The fraction of sp³-hybridized carbons (Fsp3) is 0.800. The molecule has 0 saturated heterocycles. The minimum Gasteiger partial charge on any atom is -0.465 e. The Labute approximate surface area is 90.4 Å². The van der Waals surface area contributed by atoms with Crippen LogP contribution in [0.2, 0.25) is 0 Å². The Bertz CT molecular complexity index is 233. The molecule has 5 heteroatoms. The van der Waals surface area contributed by atoms with Crippen LogP contribution in [0.25, 0.3) is 0 Å². The monoisotopic (exact) mass is 216 g/mol. The summed E-state index contributed by atoms with van der Waals surface area (Å²) in [4.78, 5) is 22.4. The summed E-state index contributed by atoms with van der Waals surface area (Å²) in [6.45, 7) is 7.47. The molecule has 0 rings (SSSR count). The van der Waals surface area contributed by atoms with E-state index < -0.39 is 12.0 Å². The molecule has 5 nitrogen and oxygen atoms in total. The highest BCUT2D eigenvalue weighted by atomic mass is 16.5. The lowest BCUT2D eigenvalue weighted by Gasteiger charge is -2.25. The van der Waals surface area contributed by atoms with Crippen LogP contribution in [-0.2, 0) is 14.3 Å². The number of nitrogens with one attached hydrogen (secondary N) is 1. The molecule has 0 saturated carbocycles. The minimum atomic E-state index is -0.632. The lowest BCUT2D eigenvalue weighted by Crippen LogP contribution is -2.49. The van der Waals surface area contributed by atoms with E-state index in [0.29, 0.717) is 6.61 Å². The normalized spacial score (nSPS) is 13.1. The number of esters is 1. The van der Waals surface area contributed by atoms with Crippen LogP contribution in [0.15, 0.2) is 0 Å². The summed E-state index contributed by atoms with van der Waals surface area (Å²) >= 11 is 0. The van der Waals surface area contributed by atoms with Gasteiger partial charge in [0.2, 0.25) is 5.91 Å². The standard InChI is InChI=1S/C10H20N2O3/c1-5-15-7(13)6-12-9(14)8(11)10(2,3)4/h8H,5-6,11H2,1-4H3,(H,12,14). The number of carbonyl (C=O) groups excluding carboxylic acids is 2. The zero-order valence-electron chi connectivity index (χ0n) is 9.79. The van der Waals surface area contributed by atoms with Gasteiger partial charge in [0, 0.05) is 0 Å². The van der Waals surface area contributed by atoms with Gasteiger partial charge in [-0.15, -0.1) is 0 Å². The third-order valence-corrected chi connectivity index (χ3v) is 1.93. The van der Waals surface area contributed by atoms with Gasteiger partial charge in [0.25, 0.3) is 0 Å². The van der Waals surface area contributed by atoms with Crippen molar-refractivity contribution in [2.24, 2.45) is 11.1 Å². The van der Waals surface area contributed by atoms with Crippen LogP contribution in [0, 0.1) is 5.41 Å². The summed E-state index contributed by atoms with van der Waals surface area (Å²) in [5.41, 5.74) is 5.37. The van der Waals surface area contributed by atoms with E-state index in [9.17, 15) is 9.59 Å². The number of hydrogen-bond acceptors (Lipinski definition) is 4. The van der Waals surface area contributed by atoms with Crippen LogP contribution >= 0.6 is 0 Å². The van der Waals surface area contributed by atoms with E-state index in [1.165, 1.54) is 0 Å². The summed E-state index contributed by atoms with van der Waals surface area (Å²) in [6.07, 6.45) is 0. The quantitative estimate of drug-likeness (QED) is 0.650. The first kappa shape index (κ1) is 13.9. The first-order valence-electron chi connectivity index (χ1n) is 4.98. The molecule has 15 heavy (non-hydrogen) atoms. The molecular weight excluding hydrogens is 196 g/mol. The fourth-order valence-electron chi connectivity index (χ4n) is 0.875. The van der Waals surface area contributed by atoms with E-state index in [2.05, 4.69) is 10.1 Å². The van der Waals surface area contributed by atoms with Crippen molar-refractivity contribution in [1.29, 1.82) is 0 Å². The number of ether oxygens (including phenoxy) is 1. The smallest absolute Gasteiger partial charge is 0.325 e. The largest absolute Gasteiger partial charge is 0.465 e. The minimum absolute atomic E-state index is 0.129. The van der Waals surface area contributed by atoms with Gasteiger partial charge in [-0.05, 0) is 12.3 Å². The first-order valence-corrected chi connectivity index (χ1v) is 4.98. The molecule has 88 valence electrons. The van der Waals surface area contributed by atoms with Crippen molar-refractivity contribution >= 4 is 11.9 Å². The third-order valence-electron chi connectivity index (χ3n) is 1.93. The molecule has 0 fully saturated rings. The summed E-state index contributed by atoms with van der Waals surface area (Å²) < 4.78 is 4.66. The zero-order valence-corrected chi connectivity index (χ0v) is 9.79. The van der Waals surface area contributed by atoms with Gasteiger partial charge < -0.3 is 15.8 Å². The zero-order chi connectivity index (χ0) is 12.1. The van der Waals surface area contributed by atoms with Crippen molar-refractivity contribution in [3.8, 4) is 0 Å². The van der Waals surface area contributed by atoms with Crippen molar-refractivity contribution in [1.82, 2.24) is 5.32 Å². The Morgan fingerprint density at radius 2 is 1.93 bits per heavy atom. The van der Waals surface area contributed by atoms with E-state index in [-0.39, 0.29) is 17.9 Å². The van der Waals surface area contributed by atoms with Gasteiger partial charge in [-0.2, -0.15) is 0 Å². The summed E-state index contributed by atoms with van der Waals surface area (Å²) in [7, 11) is 0. The number of carbonyl (C=O) groups is 2. The van der Waals surface area contributed by atoms with Gasteiger partial charge in [0.1, 0.15) is 6.54 Å². The third kappa shape index (κ3) is 5.37. The van der Waals surface area contributed by atoms with Crippen LogP contribution in [0.4, 0.5) is 0 Å². The summed E-state index contributed by atoms with van der Waals surface area (Å²) in [6, 6.07) is -0.632. The van der Waals surface area contributed by atoms with Gasteiger partial charge in [0.15, 0.2) is 0 Å². The second kappa shape index (κ2) is 5.70. The maximum atomic E-state index is 11.5.